The lowest BCUT2D eigenvalue weighted by Crippen LogP contribution is -2.38. The largest absolute Gasteiger partial charge is 0.376 e. The normalized spacial score (nSPS) is 23.9. The molecule has 2 heterocycles. The van der Waals surface area contributed by atoms with Crippen LogP contribution < -0.4 is 5.32 Å². The summed E-state index contributed by atoms with van der Waals surface area (Å²) in [6.07, 6.45) is 0.180. The van der Waals surface area contributed by atoms with Gasteiger partial charge in [-0.05, 0) is 6.92 Å². The van der Waals surface area contributed by atoms with E-state index in [1.807, 2.05) is 5.51 Å². The Morgan fingerprint density at radius 2 is 2.60 bits per heavy atom. The molecule has 0 bridgehead atoms. The van der Waals surface area contributed by atoms with Crippen molar-refractivity contribution in [2.75, 3.05) is 26.4 Å². The number of hydrogen-bond acceptors (Lipinski definition) is 5. The maximum Gasteiger partial charge on any atom is 0.0933 e. The second kappa shape index (κ2) is 5.55. The van der Waals surface area contributed by atoms with Gasteiger partial charge in [0.05, 0.1) is 37.1 Å². The minimum Gasteiger partial charge on any atom is -0.376 e. The monoisotopic (exact) mass is 228 g/mol. The number of thiazole rings is 1. The Hall–Kier alpha value is -0.490. The van der Waals surface area contributed by atoms with Gasteiger partial charge in [-0.25, -0.2) is 4.98 Å². The number of nitrogens with one attached hydrogen (secondary N) is 1. The quantitative estimate of drug-likeness (QED) is 0.841. The number of aromatic nitrogens is 1. The maximum absolute atomic E-state index is 5.54. The molecule has 1 aromatic heterocycles. The van der Waals surface area contributed by atoms with Crippen LogP contribution >= 0.6 is 11.3 Å². The maximum atomic E-state index is 5.54. The van der Waals surface area contributed by atoms with E-state index in [1.54, 1.807) is 11.3 Å². The molecule has 0 spiro atoms. The Kier molecular flexibility index (Phi) is 4.08. The Balaban J connectivity index is 1.73. The Bertz CT molecular complexity index is 273. The first-order valence-electron chi connectivity index (χ1n) is 5.17. The van der Waals surface area contributed by atoms with Crippen molar-refractivity contribution in [3.05, 3.63) is 16.6 Å². The molecular formula is C10H16N2O2S. The van der Waals surface area contributed by atoms with E-state index in [1.165, 1.54) is 0 Å². The highest BCUT2D eigenvalue weighted by Gasteiger charge is 2.15. The van der Waals surface area contributed by atoms with Crippen LogP contribution in [0.15, 0.2) is 10.9 Å². The molecule has 1 fully saturated rings. The van der Waals surface area contributed by atoms with E-state index >= 15 is 0 Å². The molecule has 4 nitrogen and oxygen atoms in total. The van der Waals surface area contributed by atoms with Crippen LogP contribution in [0.4, 0.5) is 0 Å². The molecule has 0 amide bonds. The highest BCUT2D eigenvalue weighted by atomic mass is 32.1. The van der Waals surface area contributed by atoms with E-state index in [0.29, 0.717) is 13.2 Å². The van der Waals surface area contributed by atoms with E-state index < -0.39 is 0 Å². The van der Waals surface area contributed by atoms with Crippen LogP contribution in [0, 0.1) is 0 Å². The molecule has 2 rings (SSSR count). The van der Waals surface area contributed by atoms with E-state index in [2.05, 4.69) is 22.6 Å². The average molecular weight is 228 g/mol. The summed E-state index contributed by atoms with van der Waals surface area (Å²) in [5, 5.41) is 5.46. The fourth-order valence-electron chi connectivity index (χ4n) is 1.50. The Morgan fingerprint density at radius 3 is 3.27 bits per heavy atom. The smallest absolute Gasteiger partial charge is 0.0933 e. The fourth-order valence-corrected chi connectivity index (χ4v) is 2.15. The van der Waals surface area contributed by atoms with Crippen LogP contribution in [0.2, 0.25) is 0 Å². The lowest BCUT2D eigenvalue weighted by Gasteiger charge is -2.24. The summed E-state index contributed by atoms with van der Waals surface area (Å²) >= 11 is 1.62. The van der Waals surface area contributed by atoms with Gasteiger partial charge in [0.1, 0.15) is 0 Å². The first kappa shape index (κ1) is 11.0. The van der Waals surface area contributed by atoms with Crippen molar-refractivity contribution in [1.29, 1.82) is 0 Å². The zero-order valence-electron chi connectivity index (χ0n) is 8.81. The summed E-state index contributed by atoms with van der Waals surface area (Å²) in [7, 11) is 0. The minimum absolute atomic E-state index is 0.180. The third-order valence-corrected chi connectivity index (χ3v) is 3.04. The van der Waals surface area contributed by atoms with Crippen molar-refractivity contribution < 1.29 is 9.47 Å². The van der Waals surface area contributed by atoms with Crippen molar-refractivity contribution in [2.24, 2.45) is 0 Å². The fraction of sp³-hybridized carbons (Fsp3) is 0.700. The lowest BCUT2D eigenvalue weighted by atomic mass is 10.2. The van der Waals surface area contributed by atoms with Gasteiger partial charge in [0.2, 0.25) is 0 Å². The van der Waals surface area contributed by atoms with Gasteiger partial charge in [0, 0.05) is 18.0 Å². The molecule has 1 aliphatic heterocycles. The summed E-state index contributed by atoms with van der Waals surface area (Å²) in [6.45, 7) is 5.05. The average Bonchev–Trinajstić information content (AvgIpc) is 2.81. The molecule has 2 atom stereocenters. The highest BCUT2D eigenvalue weighted by molar-refractivity contribution is 7.07. The van der Waals surface area contributed by atoms with Crippen LogP contribution in [0.5, 0.6) is 0 Å². The predicted octanol–water partition coefficient (Wildman–Crippen LogP) is 1.21. The van der Waals surface area contributed by atoms with Crippen LogP contribution in [0.1, 0.15) is 18.7 Å². The minimum atomic E-state index is 0.180. The molecule has 5 heteroatoms. The predicted molar refractivity (Wildman–Crippen MR) is 59.1 cm³/mol. The number of ether oxygens (including phenoxy) is 2. The second-order valence-electron chi connectivity index (χ2n) is 3.61. The van der Waals surface area contributed by atoms with Crippen molar-refractivity contribution in [1.82, 2.24) is 10.3 Å². The topological polar surface area (TPSA) is 43.4 Å². The molecule has 0 aliphatic carbocycles. The Morgan fingerprint density at radius 1 is 1.67 bits per heavy atom. The third kappa shape index (κ3) is 3.24. The van der Waals surface area contributed by atoms with E-state index in [9.17, 15) is 0 Å². The van der Waals surface area contributed by atoms with E-state index in [-0.39, 0.29) is 12.1 Å². The van der Waals surface area contributed by atoms with Crippen LogP contribution in [0.25, 0.3) is 0 Å². The first-order valence-corrected chi connectivity index (χ1v) is 6.11. The molecule has 0 aromatic carbocycles. The molecule has 0 radical (unpaired) electrons. The van der Waals surface area contributed by atoms with Crippen molar-refractivity contribution in [2.45, 2.75) is 19.1 Å². The van der Waals surface area contributed by atoms with Crippen molar-refractivity contribution in [3.8, 4) is 0 Å². The highest BCUT2D eigenvalue weighted by Crippen LogP contribution is 2.12. The van der Waals surface area contributed by atoms with Gasteiger partial charge >= 0.3 is 0 Å². The summed E-state index contributed by atoms with van der Waals surface area (Å²) in [5.41, 5.74) is 2.95. The molecule has 84 valence electrons. The van der Waals surface area contributed by atoms with E-state index in [0.717, 1.165) is 18.8 Å². The van der Waals surface area contributed by atoms with Crippen LogP contribution in [-0.2, 0) is 9.47 Å². The SMILES string of the molecule is CC(NCC1COCCO1)c1cscn1. The van der Waals surface area contributed by atoms with Gasteiger partial charge in [0.15, 0.2) is 0 Å². The summed E-state index contributed by atoms with van der Waals surface area (Å²) in [6, 6.07) is 0.279. The molecule has 0 saturated carbocycles. The van der Waals surface area contributed by atoms with Crippen LogP contribution in [-0.4, -0.2) is 37.5 Å². The molecule has 1 aromatic rings. The zero-order valence-corrected chi connectivity index (χ0v) is 9.63. The molecule has 2 unspecified atom stereocenters. The molecule has 1 saturated heterocycles. The second-order valence-corrected chi connectivity index (χ2v) is 4.33. The standard InChI is InChI=1S/C10H16N2O2S/c1-8(10-6-15-7-12-10)11-4-9-5-13-2-3-14-9/h6-9,11H,2-5H2,1H3. The third-order valence-electron chi connectivity index (χ3n) is 2.43. The van der Waals surface area contributed by atoms with Crippen molar-refractivity contribution >= 4 is 11.3 Å². The molecule has 15 heavy (non-hydrogen) atoms. The van der Waals surface area contributed by atoms with Gasteiger partial charge in [-0.15, -0.1) is 11.3 Å². The number of rotatable bonds is 4. The first-order chi connectivity index (χ1) is 7.36. The van der Waals surface area contributed by atoms with Gasteiger partial charge < -0.3 is 14.8 Å². The molecule has 1 N–H and O–H groups in total. The zero-order chi connectivity index (χ0) is 10.5. The number of hydrogen-bond donors (Lipinski definition) is 1. The molecule has 1 aliphatic rings. The number of nitrogens with zero attached hydrogens (tertiary/aromatic N) is 1. The van der Waals surface area contributed by atoms with Gasteiger partial charge in [-0.2, -0.15) is 0 Å². The van der Waals surface area contributed by atoms with Crippen molar-refractivity contribution in [3.63, 3.8) is 0 Å². The lowest BCUT2D eigenvalue weighted by molar-refractivity contribution is -0.0870. The molecular weight excluding hydrogens is 212 g/mol. The summed E-state index contributed by atoms with van der Waals surface area (Å²) < 4.78 is 10.9. The van der Waals surface area contributed by atoms with Crippen LogP contribution in [0.3, 0.4) is 0 Å². The van der Waals surface area contributed by atoms with E-state index in [4.69, 9.17) is 9.47 Å². The van der Waals surface area contributed by atoms with Gasteiger partial charge in [-0.1, -0.05) is 0 Å². The van der Waals surface area contributed by atoms with Gasteiger partial charge in [-0.3, -0.25) is 0 Å². The summed E-state index contributed by atoms with van der Waals surface area (Å²) in [4.78, 5) is 4.26. The summed E-state index contributed by atoms with van der Waals surface area (Å²) in [5.74, 6) is 0. The van der Waals surface area contributed by atoms with Gasteiger partial charge in [0.25, 0.3) is 0 Å². The Labute approximate surface area is 93.6 Å².